The number of hydrogen-bond acceptors (Lipinski definition) is 4. The van der Waals surface area contributed by atoms with Crippen LogP contribution in [-0.4, -0.2) is 5.71 Å². The smallest absolute Gasteiger partial charge is 0.237 e. The zero-order valence-electron chi connectivity index (χ0n) is 13.3. The highest BCUT2D eigenvalue weighted by Crippen LogP contribution is 2.25. The fourth-order valence-electron chi connectivity index (χ4n) is 2.42. The van der Waals surface area contributed by atoms with Gasteiger partial charge < -0.3 is 0 Å². The molecule has 0 amide bonds. The van der Waals surface area contributed by atoms with Crippen molar-refractivity contribution in [2.45, 2.75) is 0 Å². The molecule has 25 heavy (non-hydrogen) atoms. The van der Waals surface area contributed by atoms with Gasteiger partial charge in [-0.05, 0) is 34.4 Å². The predicted octanol–water partition coefficient (Wildman–Crippen LogP) is 4.84. The summed E-state index contributed by atoms with van der Waals surface area (Å²) in [5.74, 6) is 0. The van der Waals surface area contributed by atoms with Gasteiger partial charge in [-0.3, -0.25) is 5.43 Å². The molecule has 0 aliphatic carbocycles. The summed E-state index contributed by atoms with van der Waals surface area (Å²) in [6.07, 6.45) is 0. The average Bonchev–Trinajstić information content (AvgIpc) is 2.70. The van der Waals surface area contributed by atoms with E-state index in [1.54, 1.807) is 12.1 Å². The molecule has 3 rings (SSSR count). The maximum Gasteiger partial charge on any atom is 0.237 e. The SMILES string of the molecule is N#CC(C#N)=NNc1ccc(-c2ccc(-c3ccccc3)cc2)cc1. The van der Waals surface area contributed by atoms with Crippen molar-refractivity contribution in [2.75, 3.05) is 5.43 Å². The van der Waals surface area contributed by atoms with Gasteiger partial charge in [0.05, 0.1) is 5.69 Å². The molecular formula is C21H14N4. The molecule has 0 saturated heterocycles. The van der Waals surface area contributed by atoms with E-state index >= 15 is 0 Å². The number of hydrogen-bond donors (Lipinski definition) is 1. The fourth-order valence-corrected chi connectivity index (χ4v) is 2.42. The maximum atomic E-state index is 8.66. The summed E-state index contributed by atoms with van der Waals surface area (Å²) >= 11 is 0. The summed E-state index contributed by atoms with van der Waals surface area (Å²) in [5.41, 5.74) is 7.77. The summed E-state index contributed by atoms with van der Waals surface area (Å²) in [4.78, 5) is 0. The normalized spacial score (nSPS) is 9.52. The predicted molar refractivity (Wildman–Crippen MR) is 99.6 cm³/mol. The summed E-state index contributed by atoms with van der Waals surface area (Å²) in [5, 5.41) is 21.0. The summed E-state index contributed by atoms with van der Waals surface area (Å²) in [6, 6.07) is 29.7. The largest absolute Gasteiger partial charge is 0.277 e. The van der Waals surface area contributed by atoms with Gasteiger partial charge in [-0.25, -0.2) is 0 Å². The van der Waals surface area contributed by atoms with Crippen LogP contribution in [0.1, 0.15) is 0 Å². The van der Waals surface area contributed by atoms with Crippen LogP contribution in [-0.2, 0) is 0 Å². The second-order valence-electron chi connectivity index (χ2n) is 5.32. The Hall–Kier alpha value is -3.89. The van der Waals surface area contributed by atoms with Crippen LogP contribution in [0.2, 0.25) is 0 Å². The van der Waals surface area contributed by atoms with Gasteiger partial charge in [0.1, 0.15) is 12.1 Å². The molecule has 0 radical (unpaired) electrons. The molecule has 3 aromatic rings. The van der Waals surface area contributed by atoms with E-state index in [1.165, 1.54) is 11.1 Å². The number of hydrazone groups is 1. The van der Waals surface area contributed by atoms with E-state index in [2.05, 4.69) is 46.9 Å². The second kappa shape index (κ2) is 7.59. The van der Waals surface area contributed by atoms with Crippen LogP contribution in [0, 0.1) is 22.7 Å². The third-order valence-corrected chi connectivity index (χ3v) is 3.72. The van der Waals surface area contributed by atoms with E-state index in [4.69, 9.17) is 10.5 Å². The van der Waals surface area contributed by atoms with Crippen LogP contribution >= 0.6 is 0 Å². The van der Waals surface area contributed by atoms with Crippen LogP contribution in [0.3, 0.4) is 0 Å². The molecule has 0 aromatic heterocycles. The molecule has 3 aromatic carbocycles. The molecule has 0 fully saturated rings. The number of anilines is 1. The average molecular weight is 322 g/mol. The highest BCUT2D eigenvalue weighted by Gasteiger charge is 2.01. The van der Waals surface area contributed by atoms with Crippen molar-refractivity contribution in [2.24, 2.45) is 5.10 Å². The third-order valence-electron chi connectivity index (χ3n) is 3.72. The van der Waals surface area contributed by atoms with E-state index in [0.717, 1.165) is 11.1 Å². The molecule has 0 aliphatic rings. The highest BCUT2D eigenvalue weighted by molar-refractivity contribution is 6.10. The van der Waals surface area contributed by atoms with E-state index < -0.39 is 0 Å². The molecular weight excluding hydrogens is 308 g/mol. The number of nitrogens with zero attached hydrogens (tertiary/aromatic N) is 3. The van der Waals surface area contributed by atoms with Crippen molar-refractivity contribution < 1.29 is 0 Å². The number of nitriles is 2. The fraction of sp³-hybridized carbons (Fsp3) is 0. The Kier molecular flexibility index (Phi) is 4.85. The van der Waals surface area contributed by atoms with Crippen LogP contribution in [0.4, 0.5) is 5.69 Å². The Bertz CT molecular complexity index is 942. The summed E-state index contributed by atoms with van der Waals surface area (Å²) in [7, 11) is 0. The molecule has 1 N–H and O–H groups in total. The molecule has 0 saturated carbocycles. The molecule has 0 heterocycles. The minimum Gasteiger partial charge on any atom is -0.277 e. The van der Waals surface area contributed by atoms with Crippen LogP contribution < -0.4 is 5.43 Å². The monoisotopic (exact) mass is 322 g/mol. The van der Waals surface area contributed by atoms with Crippen molar-refractivity contribution >= 4 is 11.4 Å². The molecule has 0 unspecified atom stereocenters. The zero-order valence-corrected chi connectivity index (χ0v) is 13.3. The van der Waals surface area contributed by atoms with Gasteiger partial charge in [0.2, 0.25) is 5.71 Å². The van der Waals surface area contributed by atoms with Crippen LogP contribution in [0.25, 0.3) is 22.3 Å². The van der Waals surface area contributed by atoms with E-state index in [1.807, 2.05) is 42.5 Å². The second-order valence-corrected chi connectivity index (χ2v) is 5.32. The Labute approximate surface area is 146 Å². The lowest BCUT2D eigenvalue weighted by Gasteiger charge is -2.06. The molecule has 4 heteroatoms. The minimum atomic E-state index is -0.208. The van der Waals surface area contributed by atoms with Gasteiger partial charge in [-0.2, -0.15) is 15.6 Å². The minimum absolute atomic E-state index is 0.208. The summed E-state index contributed by atoms with van der Waals surface area (Å²) < 4.78 is 0. The van der Waals surface area contributed by atoms with Crippen molar-refractivity contribution in [1.82, 2.24) is 0 Å². The molecule has 4 nitrogen and oxygen atoms in total. The van der Waals surface area contributed by atoms with Crippen molar-refractivity contribution in [1.29, 1.82) is 10.5 Å². The first-order chi connectivity index (χ1) is 12.3. The van der Waals surface area contributed by atoms with Gasteiger partial charge in [0.25, 0.3) is 0 Å². The van der Waals surface area contributed by atoms with Gasteiger partial charge in [0, 0.05) is 0 Å². The lowest BCUT2D eigenvalue weighted by Crippen LogP contribution is -1.96. The maximum absolute atomic E-state index is 8.66. The lowest BCUT2D eigenvalue weighted by molar-refractivity contribution is 1.34. The van der Waals surface area contributed by atoms with E-state index in [0.29, 0.717) is 5.69 Å². The number of rotatable bonds is 4. The van der Waals surface area contributed by atoms with Gasteiger partial charge in [0.15, 0.2) is 0 Å². The molecule has 0 atom stereocenters. The van der Waals surface area contributed by atoms with Gasteiger partial charge >= 0.3 is 0 Å². The Morgan fingerprint density at radius 1 is 0.640 bits per heavy atom. The van der Waals surface area contributed by atoms with Gasteiger partial charge in [-0.15, -0.1) is 0 Å². The van der Waals surface area contributed by atoms with E-state index in [9.17, 15) is 0 Å². The Morgan fingerprint density at radius 3 is 1.56 bits per heavy atom. The zero-order chi connectivity index (χ0) is 17.5. The highest BCUT2D eigenvalue weighted by atomic mass is 15.3. The molecule has 118 valence electrons. The lowest BCUT2D eigenvalue weighted by atomic mass is 10.0. The van der Waals surface area contributed by atoms with Crippen molar-refractivity contribution in [3.63, 3.8) is 0 Å². The molecule has 0 aliphatic heterocycles. The van der Waals surface area contributed by atoms with Crippen LogP contribution in [0.15, 0.2) is 84.0 Å². The topological polar surface area (TPSA) is 72.0 Å². The molecule has 0 spiro atoms. The number of benzene rings is 3. The van der Waals surface area contributed by atoms with Crippen LogP contribution in [0.5, 0.6) is 0 Å². The third kappa shape index (κ3) is 3.90. The summed E-state index contributed by atoms with van der Waals surface area (Å²) in [6.45, 7) is 0. The standard InChI is InChI=1S/C21H14N4/c22-14-21(15-23)25-24-20-12-10-19(11-13-20)18-8-6-17(7-9-18)16-4-2-1-3-5-16/h1-13,24H. The first-order valence-corrected chi connectivity index (χ1v) is 7.70. The van der Waals surface area contributed by atoms with Crippen molar-refractivity contribution in [3.8, 4) is 34.4 Å². The van der Waals surface area contributed by atoms with Gasteiger partial charge in [-0.1, -0.05) is 66.7 Å². The Balaban J connectivity index is 1.76. The molecule has 0 bridgehead atoms. The van der Waals surface area contributed by atoms with Crippen molar-refractivity contribution in [3.05, 3.63) is 78.9 Å². The quantitative estimate of drug-likeness (QED) is 0.552. The number of nitrogens with one attached hydrogen (secondary N) is 1. The Morgan fingerprint density at radius 2 is 1.08 bits per heavy atom. The van der Waals surface area contributed by atoms with E-state index in [-0.39, 0.29) is 5.71 Å². The first kappa shape index (κ1) is 16.0. The first-order valence-electron chi connectivity index (χ1n) is 7.70.